The zero-order chi connectivity index (χ0) is 14.5. The molecule has 1 amide bonds. The Morgan fingerprint density at radius 1 is 1.35 bits per heavy atom. The molecule has 1 aliphatic heterocycles. The molecule has 0 aliphatic carbocycles. The number of rotatable bonds is 4. The van der Waals surface area contributed by atoms with Crippen molar-refractivity contribution in [1.82, 2.24) is 0 Å². The van der Waals surface area contributed by atoms with Crippen LogP contribution < -0.4 is 15.4 Å². The molecule has 0 radical (unpaired) electrons. The monoisotopic (exact) mass is 294 g/mol. The molecule has 1 heterocycles. The minimum absolute atomic E-state index is 0.500. The lowest BCUT2D eigenvalue weighted by Crippen LogP contribution is -2.29. The molecule has 0 bridgehead atoms. The quantitative estimate of drug-likeness (QED) is 0.869. The molecule has 0 aromatic heterocycles. The van der Waals surface area contributed by atoms with E-state index in [9.17, 15) is 4.79 Å². The first-order valence-corrected chi connectivity index (χ1v) is 7.09. The van der Waals surface area contributed by atoms with Gasteiger partial charge in [0.15, 0.2) is 0 Å². The molecule has 0 atom stereocenters. The topological polar surface area (TPSA) is 55.6 Å². The minimum Gasteiger partial charge on any atom is -0.495 e. The second kappa shape index (κ2) is 6.66. The SMILES string of the molecule is COc1cc(/C=C\C(N)=O)c(Cl)cc1N1CCCCC1. The summed E-state index contributed by atoms with van der Waals surface area (Å²) in [4.78, 5) is 13.1. The highest BCUT2D eigenvalue weighted by Gasteiger charge is 2.17. The molecular weight excluding hydrogens is 276 g/mol. The van der Waals surface area contributed by atoms with Crippen molar-refractivity contribution in [2.45, 2.75) is 19.3 Å². The number of piperidine rings is 1. The molecule has 1 saturated heterocycles. The lowest BCUT2D eigenvalue weighted by atomic mass is 10.1. The van der Waals surface area contributed by atoms with Gasteiger partial charge in [-0.3, -0.25) is 4.79 Å². The zero-order valence-electron chi connectivity index (χ0n) is 11.6. The summed E-state index contributed by atoms with van der Waals surface area (Å²) < 4.78 is 5.45. The summed E-state index contributed by atoms with van der Waals surface area (Å²) in [6.07, 6.45) is 6.54. The highest BCUT2D eigenvalue weighted by molar-refractivity contribution is 6.32. The van der Waals surface area contributed by atoms with Crippen molar-refractivity contribution >= 4 is 29.3 Å². The number of hydrogen-bond donors (Lipinski definition) is 1. The largest absolute Gasteiger partial charge is 0.495 e. The zero-order valence-corrected chi connectivity index (χ0v) is 12.3. The van der Waals surface area contributed by atoms with Gasteiger partial charge in [-0.25, -0.2) is 0 Å². The number of nitrogens with two attached hydrogens (primary N) is 1. The Morgan fingerprint density at radius 3 is 2.65 bits per heavy atom. The second-order valence-electron chi connectivity index (χ2n) is 4.83. The van der Waals surface area contributed by atoms with Crippen LogP contribution in [0, 0.1) is 0 Å². The van der Waals surface area contributed by atoms with Gasteiger partial charge in [-0.1, -0.05) is 11.6 Å². The third-order valence-electron chi connectivity index (χ3n) is 3.42. The van der Waals surface area contributed by atoms with Crippen LogP contribution in [0.5, 0.6) is 5.75 Å². The maximum atomic E-state index is 10.8. The van der Waals surface area contributed by atoms with Gasteiger partial charge in [-0.05, 0) is 43.0 Å². The molecule has 0 unspecified atom stereocenters. The van der Waals surface area contributed by atoms with Gasteiger partial charge in [0.05, 0.1) is 17.8 Å². The Bertz CT molecular complexity index is 523. The number of hydrogen-bond acceptors (Lipinski definition) is 3. The van der Waals surface area contributed by atoms with Crippen molar-refractivity contribution in [3.05, 3.63) is 28.8 Å². The summed E-state index contributed by atoms with van der Waals surface area (Å²) in [5.41, 5.74) is 6.83. The highest BCUT2D eigenvalue weighted by atomic mass is 35.5. The fourth-order valence-electron chi connectivity index (χ4n) is 2.40. The number of primary amides is 1. The van der Waals surface area contributed by atoms with Gasteiger partial charge in [0.2, 0.25) is 5.91 Å². The molecule has 1 aromatic rings. The van der Waals surface area contributed by atoms with Crippen LogP contribution in [0.4, 0.5) is 5.69 Å². The predicted molar refractivity (Wildman–Crippen MR) is 82.3 cm³/mol. The second-order valence-corrected chi connectivity index (χ2v) is 5.24. The van der Waals surface area contributed by atoms with Gasteiger partial charge in [-0.2, -0.15) is 0 Å². The number of amides is 1. The van der Waals surface area contributed by atoms with E-state index >= 15 is 0 Å². The molecular formula is C15H19ClN2O2. The van der Waals surface area contributed by atoms with Gasteiger partial charge in [0, 0.05) is 19.2 Å². The molecule has 5 heteroatoms. The molecule has 0 saturated carbocycles. The Balaban J connectivity index is 2.34. The number of anilines is 1. The van der Waals surface area contributed by atoms with E-state index in [-0.39, 0.29) is 0 Å². The van der Waals surface area contributed by atoms with Gasteiger partial charge >= 0.3 is 0 Å². The van der Waals surface area contributed by atoms with Crippen LogP contribution in [-0.4, -0.2) is 26.1 Å². The number of carbonyl (C=O) groups excluding carboxylic acids is 1. The van der Waals surface area contributed by atoms with Crippen LogP contribution in [0.1, 0.15) is 24.8 Å². The number of benzene rings is 1. The standard InChI is InChI=1S/C15H19ClN2O2/c1-20-14-9-11(5-6-15(17)19)12(16)10-13(14)18-7-3-2-4-8-18/h5-6,9-10H,2-4,7-8H2,1H3,(H2,17,19)/b6-5-. The van der Waals surface area contributed by atoms with E-state index in [1.807, 2.05) is 12.1 Å². The molecule has 2 N–H and O–H groups in total. The number of ether oxygens (including phenoxy) is 1. The van der Waals surface area contributed by atoms with Gasteiger partial charge in [0.25, 0.3) is 0 Å². The summed E-state index contributed by atoms with van der Waals surface area (Å²) in [5.74, 6) is 0.264. The third kappa shape index (κ3) is 3.45. The van der Waals surface area contributed by atoms with E-state index in [0.717, 1.165) is 30.1 Å². The van der Waals surface area contributed by atoms with Gasteiger partial charge in [0.1, 0.15) is 5.75 Å². The smallest absolute Gasteiger partial charge is 0.241 e. The first-order valence-electron chi connectivity index (χ1n) is 6.72. The first-order chi connectivity index (χ1) is 9.61. The van der Waals surface area contributed by atoms with E-state index in [0.29, 0.717) is 5.02 Å². The van der Waals surface area contributed by atoms with E-state index in [1.165, 1.54) is 25.3 Å². The van der Waals surface area contributed by atoms with Crippen molar-refractivity contribution < 1.29 is 9.53 Å². The van der Waals surface area contributed by atoms with Crippen LogP contribution in [0.25, 0.3) is 6.08 Å². The average molecular weight is 295 g/mol. The van der Waals surface area contributed by atoms with Crippen molar-refractivity contribution in [1.29, 1.82) is 0 Å². The number of methoxy groups -OCH3 is 1. The molecule has 20 heavy (non-hydrogen) atoms. The normalized spacial score (nSPS) is 15.6. The summed E-state index contributed by atoms with van der Waals surface area (Å²) in [6, 6.07) is 3.73. The van der Waals surface area contributed by atoms with E-state index in [4.69, 9.17) is 22.1 Å². The van der Waals surface area contributed by atoms with E-state index in [2.05, 4.69) is 4.90 Å². The lowest BCUT2D eigenvalue weighted by molar-refractivity contribution is -0.113. The van der Waals surface area contributed by atoms with E-state index < -0.39 is 5.91 Å². The maximum absolute atomic E-state index is 10.8. The Kier molecular flexibility index (Phi) is 4.90. The van der Waals surface area contributed by atoms with Crippen LogP contribution in [0.2, 0.25) is 5.02 Å². The number of carbonyl (C=O) groups is 1. The van der Waals surface area contributed by atoms with E-state index in [1.54, 1.807) is 13.2 Å². The summed E-state index contributed by atoms with van der Waals surface area (Å²) in [7, 11) is 1.64. The van der Waals surface area contributed by atoms with Crippen LogP contribution >= 0.6 is 11.6 Å². The molecule has 1 aromatic carbocycles. The molecule has 4 nitrogen and oxygen atoms in total. The summed E-state index contributed by atoms with van der Waals surface area (Å²) in [5, 5.41) is 0.587. The third-order valence-corrected chi connectivity index (χ3v) is 3.75. The summed E-state index contributed by atoms with van der Waals surface area (Å²) >= 11 is 6.28. The summed E-state index contributed by atoms with van der Waals surface area (Å²) in [6.45, 7) is 2.03. The van der Waals surface area contributed by atoms with Crippen LogP contribution in [0.15, 0.2) is 18.2 Å². The minimum atomic E-state index is -0.500. The van der Waals surface area contributed by atoms with Crippen LogP contribution in [0.3, 0.4) is 0 Å². The molecule has 1 aliphatic rings. The fraction of sp³-hybridized carbons (Fsp3) is 0.400. The van der Waals surface area contributed by atoms with Gasteiger partial charge < -0.3 is 15.4 Å². The van der Waals surface area contributed by atoms with Crippen LogP contribution in [-0.2, 0) is 4.79 Å². The maximum Gasteiger partial charge on any atom is 0.241 e. The average Bonchev–Trinajstić information content (AvgIpc) is 2.46. The van der Waals surface area contributed by atoms with Crippen molar-refractivity contribution in [2.75, 3.05) is 25.1 Å². The molecule has 0 spiro atoms. The van der Waals surface area contributed by atoms with Gasteiger partial charge in [-0.15, -0.1) is 0 Å². The Labute approximate surface area is 124 Å². The predicted octanol–water partition coefficient (Wildman–Crippen LogP) is 2.84. The number of halogens is 1. The molecule has 1 fully saturated rings. The Hall–Kier alpha value is -1.68. The highest BCUT2D eigenvalue weighted by Crippen LogP contribution is 2.36. The van der Waals surface area contributed by atoms with Crippen molar-refractivity contribution in [3.63, 3.8) is 0 Å². The fourth-order valence-corrected chi connectivity index (χ4v) is 2.62. The molecule has 108 valence electrons. The number of nitrogens with zero attached hydrogens (tertiary/aromatic N) is 1. The Morgan fingerprint density at radius 2 is 2.05 bits per heavy atom. The first kappa shape index (κ1) is 14.7. The van der Waals surface area contributed by atoms with Crippen molar-refractivity contribution in [2.24, 2.45) is 5.73 Å². The lowest BCUT2D eigenvalue weighted by Gasteiger charge is -2.30. The molecule has 2 rings (SSSR count). The van der Waals surface area contributed by atoms with Crippen molar-refractivity contribution in [3.8, 4) is 5.75 Å².